The van der Waals surface area contributed by atoms with Gasteiger partial charge in [-0.1, -0.05) is 42.3 Å². The first-order valence-corrected chi connectivity index (χ1v) is 6.79. The highest BCUT2D eigenvalue weighted by atomic mass is 35.5. The molecule has 2 rings (SSSR count). The fourth-order valence-corrected chi connectivity index (χ4v) is 2.34. The van der Waals surface area contributed by atoms with E-state index < -0.39 is 0 Å². The van der Waals surface area contributed by atoms with Gasteiger partial charge in [-0.05, 0) is 29.8 Å². The zero-order valence-electron chi connectivity index (χ0n) is 9.78. The molecule has 0 radical (unpaired) electrons. The van der Waals surface area contributed by atoms with E-state index in [4.69, 9.17) is 34.8 Å². The minimum Gasteiger partial charge on any atom is -0.261 e. The molecule has 2 atom stereocenters. The van der Waals surface area contributed by atoms with E-state index in [9.17, 15) is 0 Å². The number of pyridine rings is 1. The number of halogens is 3. The van der Waals surface area contributed by atoms with Gasteiger partial charge in [0.25, 0.3) is 0 Å². The first kappa shape index (κ1) is 13.7. The Morgan fingerprint density at radius 1 is 1.06 bits per heavy atom. The van der Waals surface area contributed by atoms with Crippen LogP contribution in [-0.4, -0.2) is 4.98 Å². The highest BCUT2D eigenvalue weighted by molar-refractivity contribution is 6.42. The molecule has 0 saturated heterocycles. The van der Waals surface area contributed by atoms with E-state index in [1.165, 1.54) is 0 Å². The third-order valence-electron chi connectivity index (χ3n) is 2.86. The van der Waals surface area contributed by atoms with Crippen LogP contribution in [0.3, 0.4) is 0 Å². The second kappa shape index (κ2) is 5.92. The van der Waals surface area contributed by atoms with E-state index in [0.717, 1.165) is 11.3 Å². The van der Waals surface area contributed by atoms with Crippen molar-refractivity contribution in [2.24, 2.45) is 0 Å². The van der Waals surface area contributed by atoms with E-state index >= 15 is 0 Å². The lowest BCUT2D eigenvalue weighted by Gasteiger charge is -2.18. The Bertz CT molecular complexity index is 528. The van der Waals surface area contributed by atoms with Gasteiger partial charge >= 0.3 is 0 Å². The van der Waals surface area contributed by atoms with Crippen molar-refractivity contribution >= 4 is 34.8 Å². The zero-order chi connectivity index (χ0) is 13.1. The van der Waals surface area contributed by atoms with E-state index in [1.54, 1.807) is 18.3 Å². The summed E-state index contributed by atoms with van der Waals surface area (Å²) in [5, 5.41) is 0.873. The second-order valence-corrected chi connectivity index (χ2v) is 5.40. The molecule has 0 amide bonds. The molecule has 94 valence electrons. The predicted octanol–water partition coefficient (Wildman–Crippen LogP) is 5.47. The summed E-state index contributed by atoms with van der Waals surface area (Å²) in [6, 6.07) is 11.3. The topological polar surface area (TPSA) is 12.9 Å². The number of aromatic nitrogens is 1. The molecule has 18 heavy (non-hydrogen) atoms. The van der Waals surface area contributed by atoms with E-state index in [0.29, 0.717) is 10.0 Å². The van der Waals surface area contributed by atoms with Crippen LogP contribution in [0.2, 0.25) is 10.0 Å². The molecule has 1 heterocycles. The summed E-state index contributed by atoms with van der Waals surface area (Å²) in [5.74, 6) is 0.102. The van der Waals surface area contributed by atoms with Crippen molar-refractivity contribution in [1.29, 1.82) is 0 Å². The normalized spacial score (nSPS) is 14.2. The number of nitrogens with zero attached hydrogens (tertiary/aromatic N) is 1. The van der Waals surface area contributed by atoms with Gasteiger partial charge in [-0.15, -0.1) is 11.6 Å². The molecular weight excluding hydrogens is 289 g/mol. The summed E-state index contributed by atoms with van der Waals surface area (Å²) in [4.78, 5) is 4.32. The fourth-order valence-electron chi connectivity index (χ4n) is 1.77. The van der Waals surface area contributed by atoms with Gasteiger partial charge in [-0.25, -0.2) is 0 Å². The number of rotatable bonds is 3. The maximum absolute atomic E-state index is 6.47. The van der Waals surface area contributed by atoms with Crippen LogP contribution < -0.4 is 0 Å². The number of alkyl halides is 1. The SMILES string of the molecule is CC(c1ccccn1)C(Cl)c1ccc(Cl)c(Cl)c1. The minimum atomic E-state index is -0.185. The number of hydrogen-bond donors (Lipinski definition) is 0. The van der Waals surface area contributed by atoms with Gasteiger partial charge < -0.3 is 0 Å². The van der Waals surface area contributed by atoms with Gasteiger partial charge in [-0.3, -0.25) is 4.98 Å². The smallest absolute Gasteiger partial charge is 0.0666 e. The number of benzene rings is 1. The van der Waals surface area contributed by atoms with Crippen molar-refractivity contribution in [3.05, 3.63) is 63.9 Å². The Kier molecular flexibility index (Phi) is 4.50. The lowest BCUT2D eigenvalue weighted by atomic mass is 9.97. The molecule has 0 aliphatic heterocycles. The van der Waals surface area contributed by atoms with Crippen molar-refractivity contribution < 1.29 is 0 Å². The molecule has 4 heteroatoms. The van der Waals surface area contributed by atoms with Crippen molar-refractivity contribution in [2.75, 3.05) is 0 Å². The molecule has 0 fully saturated rings. The molecule has 2 aromatic rings. The van der Waals surface area contributed by atoms with Gasteiger partial charge in [0.2, 0.25) is 0 Å². The summed E-state index contributed by atoms with van der Waals surface area (Å²) in [6.45, 7) is 2.04. The summed E-state index contributed by atoms with van der Waals surface area (Å²) >= 11 is 18.4. The Morgan fingerprint density at radius 3 is 2.44 bits per heavy atom. The van der Waals surface area contributed by atoms with Crippen LogP contribution in [0.15, 0.2) is 42.6 Å². The maximum atomic E-state index is 6.47. The fraction of sp³-hybridized carbons (Fsp3) is 0.214. The number of hydrogen-bond acceptors (Lipinski definition) is 1. The van der Waals surface area contributed by atoms with E-state index in [2.05, 4.69) is 4.98 Å². The Hall–Kier alpha value is -0.760. The van der Waals surface area contributed by atoms with Crippen molar-refractivity contribution in [3.63, 3.8) is 0 Å². The molecule has 0 aliphatic carbocycles. The molecular formula is C14H12Cl3N. The Morgan fingerprint density at radius 2 is 1.83 bits per heavy atom. The Balaban J connectivity index is 2.25. The quantitative estimate of drug-likeness (QED) is 0.685. The summed E-state index contributed by atoms with van der Waals surface area (Å²) in [6.07, 6.45) is 1.77. The molecule has 2 unspecified atom stereocenters. The molecule has 0 spiro atoms. The van der Waals surface area contributed by atoms with E-state index in [1.807, 2.05) is 31.2 Å². The average molecular weight is 301 g/mol. The minimum absolute atomic E-state index is 0.102. The van der Waals surface area contributed by atoms with Crippen LogP contribution >= 0.6 is 34.8 Å². The molecule has 1 aromatic heterocycles. The summed E-state index contributed by atoms with van der Waals surface area (Å²) < 4.78 is 0. The highest BCUT2D eigenvalue weighted by Gasteiger charge is 2.20. The lowest BCUT2D eigenvalue weighted by molar-refractivity contribution is 0.706. The third kappa shape index (κ3) is 2.97. The maximum Gasteiger partial charge on any atom is 0.0666 e. The van der Waals surface area contributed by atoms with Crippen molar-refractivity contribution in [3.8, 4) is 0 Å². The molecule has 0 N–H and O–H groups in total. The monoisotopic (exact) mass is 299 g/mol. The van der Waals surface area contributed by atoms with Crippen LogP contribution in [0.25, 0.3) is 0 Å². The van der Waals surface area contributed by atoms with Crippen LogP contribution in [0.5, 0.6) is 0 Å². The van der Waals surface area contributed by atoms with Crippen LogP contribution in [0.4, 0.5) is 0 Å². The van der Waals surface area contributed by atoms with Crippen molar-refractivity contribution in [2.45, 2.75) is 18.2 Å². The van der Waals surface area contributed by atoms with Gasteiger partial charge in [0, 0.05) is 17.8 Å². The predicted molar refractivity (Wildman–Crippen MR) is 77.7 cm³/mol. The van der Waals surface area contributed by atoms with Gasteiger partial charge in [0.1, 0.15) is 0 Å². The zero-order valence-corrected chi connectivity index (χ0v) is 12.0. The van der Waals surface area contributed by atoms with Crippen LogP contribution in [0, 0.1) is 0 Å². The van der Waals surface area contributed by atoms with Gasteiger partial charge in [0.05, 0.1) is 15.4 Å². The lowest BCUT2D eigenvalue weighted by Crippen LogP contribution is -2.04. The van der Waals surface area contributed by atoms with Gasteiger partial charge in [-0.2, -0.15) is 0 Å². The molecule has 1 aromatic carbocycles. The summed E-state index contributed by atoms with van der Waals surface area (Å²) in [5.41, 5.74) is 1.91. The van der Waals surface area contributed by atoms with Crippen LogP contribution in [-0.2, 0) is 0 Å². The van der Waals surface area contributed by atoms with Crippen LogP contribution in [0.1, 0.15) is 29.5 Å². The average Bonchev–Trinajstić information content (AvgIpc) is 2.41. The summed E-state index contributed by atoms with van der Waals surface area (Å²) in [7, 11) is 0. The first-order chi connectivity index (χ1) is 8.59. The largest absolute Gasteiger partial charge is 0.261 e. The third-order valence-corrected chi connectivity index (χ3v) is 4.22. The van der Waals surface area contributed by atoms with Crippen molar-refractivity contribution in [1.82, 2.24) is 4.98 Å². The molecule has 0 aliphatic rings. The first-order valence-electron chi connectivity index (χ1n) is 5.59. The molecule has 0 saturated carbocycles. The highest BCUT2D eigenvalue weighted by Crippen LogP contribution is 2.37. The molecule has 0 bridgehead atoms. The van der Waals surface area contributed by atoms with Gasteiger partial charge in [0.15, 0.2) is 0 Å². The standard InChI is InChI=1S/C14H12Cl3N/c1-9(13-4-2-3-7-18-13)14(17)10-5-6-11(15)12(16)8-10/h2-9,14H,1H3. The second-order valence-electron chi connectivity index (χ2n) is 4.12. The Labute approximate surface area is 122 Å². The molecule has 1 nitrogen and oxygen atoms in total. The van der Waals surface area contributed by atoms with E-state index in [-0.39, 0.29) is 11.3 Å².